The molecule has 3 heteroatoms. The monoisotopic (exact) mass is 218 g/mol. The first-order valence-corrected chi connectivity index (χ1v) is 4.89. The molecule has 1 heterocycles. The first-order chi connectivity index (χ1) is 7.75. The van der Waals surface area contributed by atoms with Crippen LogP contribution in [0.2, 0.25) is 0 Å². The summed E-state index contributed by atoms with van der Waals surface area (Å²) in [7, 11) is 0. The van der Waals surface area contributed by atoms with Crippen LogP contribution in [0.1, 0.15) is 23.2 Å². The molecule has 1 aromatic heterocycles. The molecule has 0 atom stereocenters. The van der Waals surface area contributed by atoms with Crippen LogP contribution in [0, 0.1) is 6.42 Å². The number of benzene rings is 1. The largest absolute Gasteiger partial charge is 0.263 e. The quantitative estimate of drug-likeness (QED) is 0.766. The number of rotatable bonds is 3. The molecule has 81 valence electrons. The van der Waals surface area contributed by atoms with Gasteiger partial charge in [-0.25, -0.2) is 8.78 Å². The minimum Gasteiger partial charge on any atom is -0.261 e. The summed E-state index contributed by atoms with van der Waals surface area (Å²) in [5, 5.41) is 0. The lowest BCUT2D eigenvalue weighted by Crippen LogP contribution is -1.91. The van der Waals surface area contributed by atoms with Crippen molar-refractivity contribution in [1.82, 2.24) is 4.98 Å². The predicted molar refractivity (Wildman–Crippen MR) is 58.1 cm³/mol. The van der Waals surface area contributed by atoms with Gasteiger partial charge in [-0.2, -0.15) is 0 Å². The average molecular weight is 218 g/mol. The van der Waals surface area contributed by atoms with Crippen LogP contribution in [0.25, 0.3) is 0 Å². The lowest BCUT2D eigenvalue weighted by atomic mass is 10.1. The summed E-state index contributed by atoms with van der Waals surface area (Å²) in [6, 6.07) is 11.8. The Labute approximate surface area is 92.8 Å². The maximum atomic E-state index is 12.5. The van der Waals surface area contributed by atoms with Crippen LogP contribution in [0.5, 0.6) is 0 Å². The second kappa shape index (κ2) is 4.84. The molecular weight excluding hydrogens is 208 g/mol. The van der Waals surface area contributed by atoms with E-state index in [0.717, 1.165) is 11.3 Å². The number of aromatic nitrogens is 1. The van der Waals surface area contributed by atoms with Gasteiger partial charge in [0.1, 0.15) is 0 Å². The molecule has 0 aliphatic heterocycles. The Hall–Kier alpha value is -1.77. The molecule has 0 saturated heterocycles. The third-order valence-electron chi connectivity index (χ3n) is 2.16. The lowest BCUT2D eigenvalue weighted by Gasteiger charge is -2.03. The number of pyridine rings is 1. The van der Waals surface area contributed by atoms with E-state index in [9.17, 15) is 8.78 Å². The Balaban J connectivity index is 2.19. The van der Waals surface area contributed by atoms with Gasteiger partial charge < -0.3 is 0 Å². The van der Waals surface area contributed by atoms with Gasteiger partial charge in [-0.15, -0.1) is 0 Å². The second-order valence-electron chi connectivity index (χ2n) is 3.37. The van der Waals surface area contributed by atoms with E-state index in [2.05, 4.69) is 4.98 Å². The minimum absolute atomic E-state index is 0.0321. The van der Waals surface area contributed by atoms with Crippen molar-refractivity contribution in [3.63, 3.8) is 0 Å². The average Bonchev–Trinajstić information content (AvgIpc) is 2.30. The van der Waals surface area contributed by atoms with Gasteiger partial charge in [0.25, 0.3) is 6.43 Å². The van der Waals surface area contributed by atoms with E-state index in [1.54, 1.807) is 24.8 Å². The van der Waals surface area contributed by atoms with Gasteiger partial charge in [0.2, 0.25) is 0 Å². The van der Waals surface area contributed by atoms with Crippen molar-refractivity contribution in [3.05, 3.63) is 71.9 Å². The Kier molecular flexibility index (Phi) is 3.25. The smallest absolute Gasteiger partial charge is 0.261 e. The van der Waals surface area contributed by atoms with Crippen molar-refractivity contribution in [2.45, 2.75) is 6.43 Å². The van der Waals surface area contributed by atoms with E-state index in [1.807, 2.05) is 18.2 Å². The van der Waals surface area contributed by atoms with E-state index in [0.29, 0.717) is 0 Å². The number of alkyl halides is 2. The van der Waals surface area contributed by atoms with Crippen molar-refractivity contribution in [2.75, 3.05) is 0 Å². The molecule has 2 aromatic rings. The zero-order valence-electron chi connectivity index (χ0n) is 8.48. The fourth-order valence-electron chi connectivity index (χ4n) is 1.42. The number of halogens is 2. The standard InChI is InChI=1S/C13H10F2N/c14-13(15)11-5-3-4-10(8-11)9-12-6-1-2-7-16-12/h1-9,13H. The Morgan fingerprint density at radius 1 is 1.06 bits per heavy atom. The van der Waals surface area contributed by atoms with Gasteiger partial charge in [0.15, 0.2) is 0 Å². The van der Waals surface area contributed by atoms with Crippen LogP contribution < -0.4 is 0 Å². The molecular formula is C13H10F2N. The van der Waals surface area contributed by atoms with E-state index in [-0.39, 0.29) is 5.56 Å². The highest BCUT2D eigenvalue weighted by atomic mass is 19.3. The molecule has 0 aliphatic carbocycles. The summed E-state index contributed by atoms with van der Waals surface area (Å²) in [5.74, 6) is 0. The maximum Gasteiger partial charge on any atom is 0.263 e. The second-order valence-corrected chi connectivity index (χ2v) is 3.37. The summed E-state index contributed by atoms with van der Waals surface area (Å²) < 4.78 is 24.9. The first kappa shape index (κ1) is 10.7. The van der Waals surface area contributed by atoms with Gasteiger partial charge >= 0.3 is 0 Å². The Morgan fingerprint density at radius 3 is 2.62 bits per heavy atom. The number of hydrogen-bond donors (Lipinski definition) is 0. The third-order valence-corrected chi connectivity index (χ3v) is 2.16. The maximum absolute atomic E-state index is 12.5. The minimum atomic E-state index is -2.43. The molecule has 0 unspecified atom stereocenters. The van der Waals surface area contributed by atoms with E-state index in [4.69, 9.17) is 0 Å². The fraction of sp³-hybridized carbons (Fsp3) is 0.0769. The third kappa shape index (κ3) is 2.63. The van der Waals surface area contributed by atoms with Crippen molar-refractivity contribution < 1.29 is 8.78 Å². The fourth-order valence-corrected chi connectivity index (χ4v) is 1.42. The highest BCUT2D eigenvalue weighted by molar-refractivity contribution is 5.35. The van der Waals surface area contributed by atoms with Crippen molar-refractivity contribution in [1.29, 1.82) is 0 Å². The predicted octanol–water partition coefficient (Wildman–Crippen LogP) is 3.62. The van der Waals surface area contributed by atoms with Crippen LogP contribution in [-0.4, -0.2) is 4.98 Å². The zero-order chi connectivity index (χ0) is 11.4. The van der Waals surface area contributed by atoms with Crippen LogP contribution >= 0.6 is 0 Å². The summed E-state index contributed by atoms with van der Waals surface area (Å²) in [5.41, 5.74) is 1.52. The molecule has 2 rings (SSSR count). The molecule has 1 radical (unpaired) electrons. The van der Waals surface area contributed by atoms with E-state index < -0.39 is 6.43 Å². The van der Waals surface area contributed by atoms with Crippen molar-refractivity contribution >= 4 is 0 Å². The SMILES string of the molecule is FC(F)c1cccc([CH]c2ccccn2)c1. The Morgan fingerprint density at radius 2 is 1.94 bits per heavy atom. The summed E-state index contributed by atoms with van der Waals surface area (Å²) in [6.45, 7) is 0. The highest BCUT2D eigenvalue weighted by Crippen LogP contribution is 2.21. The number of nitrogens with zero attached hydrogens (tertiary/aromatic N) is 1. The highest BCUT2D eigenvalue weighted by Gasteiger charge is 2.07. The molecule has 0 saturated carbocycles. The number of hydrogen-bond acceptors (Lipinski definition) is 1. The first-order valence-electron chi connectivity index (χ1n) is 4.89. The molecule has 0 aliphatic rings. The van der Waals surface area contributed by atoms with E-state index in [1.165, 1.54) is 12.1 Å². The van der Waals surface area contributed by atoms with Gasteiger partial charge in [0, 0.05) is 23.9 Å². The molecule has 0 bridgehead atoms. The molecule has 1 nitrogen and oxygen atoms in total. The van der Waals surface area contributed by atoms with Crippen molar-refractivity contribution in [2.24, 2.45) is 0 Å². The molecule has 0 fully saturated rings. The van der Waals surface area contributed by atoms with E-state index >= 15 is 0 Å². The Bertz CT molecular complexity index is 454. The molecule has 1 aromatic carbocycles. The van der Waals surface area contributed by atoms with Gasteiger partial charge in [-0.3, -0.25) is 4.98 Å². The van der Waals surface area contributed by atoms with Crippen LogP contribution in [0.3, 0.4) is 0 Å². The summed E-state index contributed by atoms with van der Waals surface area (Å²) in [6.07, 6.45) is 1.01. The normalized spacial score (nSPS) is 10.7. The topological polar surface area (TPSA) is 12.9 Å². The van der Waals surface area contributed by atoms with Crippen molar-refractivity contribution in [3.8, 4) is 0 Å². The van der Waals surface area contributed by atoms with Gasteiger partial charge in [-0.05, 0) is 23.8 Å². The summed E-state index contributed by atoms with van der Waals surface area (Å²) in [4.78, 5) is 4.11. The van der Waals surface area contributed by atoms with Gasteiger partial charge in [0.05, 0.1) is 0 Å². The molecule has 0 N–H and O–H groups in total. The molecule has 16 heavy (non-hydrogen) atoms. The molecule has 0 spiro atoms. The van der Waals surface area contributed by atoms with Crippen LogP contribution in [0.4, 0.5) is 8.78 Å². The summed E-state index contributed by atoms with van der Waals surface area (Å²) >= 11 is 0. The van der Waals surface area contributed by atoms with Gasteiger partial charge in [-0.1, -0.05) is 24.3 Å². The molecule has 0 amide bonds. The zero-order valence-corrected chi connectivity index (χ0v) is 8.48. The van der Waals surface area contributed by atoms with Crippen LogP contribution in [0.15, 0.2) is 48.7 Å². The lowest BCUT2D eigenvalue weighted by molar-refractivity contribution is 0.151. The van der Waals surface area contributed by atoms with Crippen LogP contribution in [-0.2, 0) is 0 Å².